The lowest BCUT2D eigenvalue weighted by atomic mass is 10.3. The van der Waals surface area contributed by atoms with Crippen LogP contribution in [0.3, 0.4) is 0 Å². The minimum atomic E-state index is 0. The average Bonchev–Trinajstić information content (AvgIpc) is 2.97. The van der Waals surface area contributed by atoms with Crippen LogP contribution in [0.15, 0.2) is 35.5 Å². The minimum absolute atomic E-state index is 0. The van der Waals surface area contributed by atoms with Gasteiger partial charge in [-0.25, -0.2) is 4.68 Å². The van der Waals surface area contributed by atoms with Crippen molar-refractivity contribution < 1.29 is 4.74 Å². The number of methoxy groups -OCH3 is 1. The summed E-state index contributed by atoms with van der Waals surface area (Å²) in [5.41, 5.74) is 1.76. The topological polar surface area (TPSA) is 76.4 Å². The third kappa shape index (κ3) is 4.59. The largest absolute Gasteiger partial charge is 0.497 e. The Morgan fingerprint density at radius 3 is 2.62 bits per heavy atom. The Hall–Kier alpha value is -1.84. The predicted octanol–water partition coefficient (Wildman–Crippen LogP) is 1.19. The van der Waals surface area contributed by atoms with E-state index in [9.17, 15) is 0 Å². The van der Waals surface area contributed by atoms with E-state index in [1.165, 1.54) is 0 Å². The van der Waals surface area contributed by atoms with Crippen LogP contribution in [0.2, 0.25) is 0 Å². The van der Waals surface area contributed by atoms with Crippen molar-refractivity contribution in [3.63, 3.8) is 0 Å². The number of aliphatic imine (C=N–C) groups is 1. The molecule has 1 heterocycles. The summed E-state index contributed by atoms with van der Waals surface area (Å²) in [6.07, 6.45) is 1.87. The van der Waals surface area contributed by atoms with Crippen LogP contribution in [0.25, 0.3) is 5.69 Å². The number of ether oxygens (including phenoxy) is 1. The van der Waals surface area contributed by atoms with Gasteiger partial charge in [0.25, 0.3) is 0 Å². The molecule has 0 saturated heterocycles. The summed E-state index contributed by atoms with van der Waals surface area (Å²) >= 11 is 0. The van der Waals surface area contributed by atoms with Gasteiger partial charge in [0.1, 0.15) is 11.4 Å². The molecule has 2 N–H and O–H groups in total. The van der Waals surface area contributed by atoms with Crippen molar-refractivity contribution in [2.45, 2.75) is 6.54 Å². The molecule has 0 aliphatic heterocycles. The van der Waals surface area contributed by atoms with Crippen molar-refractivity contribution in [1.82, 2.24) is 25.6 Å². The summed E-state index contributed by atoms with van der Waals surface area (Å²) in [6.45, 7) is 0.559. The Morgan fingerprint density at radius 1 is 1.33 bits per heavy atom. The highest BCUT2D eigenvalue weighted by molar-refractivity contribution is 14.0. The molecule has 0 atom stereocenters. The Bertz CT molecular complexity index is 581. The highest BCUT2D eigenvalue weighted by atomic mass is 127. The van der Waals surface area contributed by atoms with E-state index in [1.807, 2.05) is 37.5 Å². The summed E-state index contributed by atoms with van der Waals surface area (Å²) < 4.78 is 6.85. The molecule has 0 aliphatic rings. The summed E-state index contributed by atoms with van der Waals surface area (Å²) in [5.74, 6) is 1.53. The molecule has 7 nitrogen and oxygen atoms in total. The van der Waals surface area contributed by atoms with Crippen LogP contribution in [0.5, 0.6) is 5.75 Å². The van der Waals surface area contributed by atoms with Gasteiger partial charge in [-0.1, -0.05) is 5.21 Å². The molecule has 2 rings (SSSR count). The maximum atomic E-state index is 5.12. The van der Waals surface area contributed by atoms with Gasteiger partial charge in [0.15, 0.2) is 5.96 Å². The van der Waals surface area contributed by atoms with Crippen LogP contribution in [0.4, 0.5) is 0 Å². The van der Waals surface area contributed by atoms with Gasteiger partial charge < -0.3 is 15.4 Å². The van der Waals surface area contributed by atoms with Crippen molar-refractivity contribution in [3.8, 4) is 11.4 Å². The van der Waals surface area contributed by atoms with Gasteiger partial charge in [-0.05, 0) is 24.3 Å². The van der Waals surface area contributed by atoms with Crippen molar-refractivity contribution in [2.75, 3.05) is 21.2 Å². The molecule has 2 aromatic rings. The molecule has 0 amide bonds. The zero-order chi connectivity index (χ0) is 14.4. The number of hydrogen-bond acceptors (Lipinski definition) is 4. The van der Waals surface area contributed by atoms with Crippen LogP contribution >= 0.6 is 24.0 Å². The number of nitrogens with zero attached hydrogens (tertiary/aromatic N) is 4. The maximum Gasteiger partial charge on any atom is 0.191 e. The van der Waals surface area contributed by atoms with Gasteiger partial charge in [0.05, 0.1) is 25.5 Å². The van der Waals surface area contributed by atoms with Gasteiger partial charge in [-0.3, -0.25) is 4.99 Å². The summed E-state index contributed by atoms with van der Waals surface area (Å²) in [4.78, 5) is 4.03. The second-order valence-corrected chi connectivity index (χ2v) is 4.03. The summed E-state index contributed by atoms with van der Waals surface area (Å²) in [6, 6.07) is 7.63. The lowest BCUT2D eigenvalue weighted by Gasteiger charge is -2.05. The molecule has 21 heavy (non-hydrogen) atoms. The van der Waals surface area contributed by atoms with E-state index in [-0.39, 0.29) is 24.0 Å². The molecule has 0 bridgehead atoms. The first-order valence-electron chi connectivity index (χ1n) is 6.21. The fourth-order valence-electron chi connectivity index (χ4n) is 1.69. The highest BCUT2D eigenvalue weighted by Gasteiger charge is 2.04. The number of rotatable bonds is 4. The Morgan fingerprint density at radius 2 is 2.05 bits per heavy atom. The van der Waals surface area contributed by atoms with Crippen LogP contribution in [0, 0.1) is 0 Å². The summed E-state index contributed by atoms with van der Waals surface area (Å²) in [5, 5.41) is 14.3. The zero-order valence-corrected chi connectivity index (χ0v) is 14.5. The SMILES string of the molecule is CN=C(NC)NCc1cn(-c2ccc(OC)cc2)nn1.I. The van der Waals surface area contributed by atoms with Gasteiger partial charge in [-0.2, -0.15) is 0 Å². The van der Waals surface area contributed by atoms with E-state index < -0.39 is 0 Å². The Labute approximate surface area is 140 Å². The van der Waals surface area contributed by atoms with Crippen LogP contribution < -0.4 is 15.4 Å². The number of benzene rings is 1. The highest BCUT2D eigenvalue weighted by Crippen LogP contribution is 2.14. The normalized spacial score (nSPS) is 10.7. The van der Waals surface area contributed by atoms with E-state index in [0.717, 1.165) is 17.1 Å². The predicted molar refractivity (Wildman–Crippen MR) is 92.6 cm³/mol. The van der Waals surface area contributed by atoms with Gasteiger partial charge >= 0.3 is 0 Å². The van der Waals surface area contributed by atoms with E-state index in [1.54, 1.807) is 18.8 Å². The molecule has 1 aromatic heterocycles. The molecule has 0 aliphatic carbocycles. The quantitative estimate of drug-likeness (QED) is 0.457. The van der Waals surface area contributed by atoms with E-state index in [4.69, 9.17) is 4.74 Å². The number of nitrogens with one attached hydrogen (secondary N) is 2. The van der Waals surface area contributed by atoms with Crippen molar-refractivity contribution in [1.29, 1.82) is 0 Å². The smallest absolute Gasteiger partial charge is 0.191 e. The second-order valence-electron chi connectivity index (χ2n) is 4.03. The standard InChI is InChI=1S/C13H18N6O.HI/c1-14-13(15-2)16-8-10-9-19(18-17-10)11-4-6-12(20-3)7-5-11;/h4-7,9H,8H2,1-3H3,(H2,14,15,16);1H. The third-order valence-corrected chi connectivity index (χ3v) is 2.78. The lowest BCUT2D eigenvalue weighted by Crippen LogP contribution is -2.34. The van der Waals surface area contributed by atoms with Crippen LogP contribution in [-0.4, -0.2) is 42.2 Å². The fraction of sp³-hybridized carbons (Fsp3) is 0.308. The molecule has 114 valence electrons. The first-order chi connectivity index (χ1) is 9.76. The molecule has 8 heteroatoms. The number of hydrogen-bond donors (Lipinski definition) is 2. The van der Waals surface area contributed by atoms with Crippen molar-refractivity contribution in [3.05, 3.63) is 36.2 Å². The third-order valence-electron chi connectivity index (χ3n) is 2.78. The van der Waals surface area contributed by atoms with Gasteiger partial charge in [-0.15, -0.1) is 29.1 Å². The monoisotopic (exact) mass is 402 g/mol. The van der Waals surface area contributed by atoms with E-state index in [0.29, 0.717) is 12.5 Å². The second kappa shape index (κ2) is 8.45. The van der Waals surface area contributed by atoms with Crippen molar-refractivity contribution in [2.24, 2.45) is 4.99 Å². The van der Waals surface area contributed by atoms with Crippen molar-refractivity contribution >= 4 is 29.9 Å². The fourth-order valence-corrected chi connectivity index (χ4v) is 1.69. The van der Waals surface area contributed by atoms with E-state index >= 15 is 0 Å². The lowest BCUT2D eigenvalue weighted by molar-refractivity contribution is 0.414. The molecular weight excluding hydrogens is 383 g/mol. The number of halogens is 1. The van der Waals surface area contributed by atoms with Gasteiger partial charge in [0.2, 0.25) is 0 Å². The zero-order valence-electron chi connectivity index (χ0n) is 12.2. The number of aromatic nitrogens is 3. The molecule has 0 saturated carbocycles. The average molecular weight is 402 g/mol. The Balaban J connectivity index is 0.00000220. The molecule has 0 unspecified atom stereocenters. The molecule has 0 spiro atoms. The van der Waals surface area contributed by atoms with E-state index in [2.05, 4.69) is 25.9 Å². The molecule has 0 fully saturated rings. The maximum absolute atomic E-state index is 5.12. The van der Waals surface area contributed by atoms with Crippen LogP contribution in [0.1, 0.15) is 5.69 Å². The van der Waals surface area contributed by atoms with Crippen LogP contribution in [-0.2, 0) is 6.54 Å². The molecule has 0 radical (unpaired) electrons. The molecule has 1 aromatic carbocycles. The first-order valence-corrected chi connectivity index (χ1v) is 6.21. The number of guanidine groups is 1. The van der Waals surface area contributed by atoms with Gasteiger partial charge in [0, 0.05) is 14.1 Å². The summed E-state index contributed by atoms with van der Waals surface area (Å²) in [7, 11) is 5.17. The molecular formula is C13H19IN6O. The minimum Gasteiger partial charge on any atom is -0.497 e. The Kier molecular flexibility index (Phi) is 6.92. The first kappa shape index (κ1) is 17.2.